The van der Waals surface area contributed by atoms with Crippen LogP contribution in [0.4, 0.5) is 0 Å². The molecule has 1 aromatic carbocycles. The first-order valence-corrected chi connectivity index (χ1v) is 5.62. The van der Waals surface area contributed by atoms with Gasteiger partial charge >= 0.3 is 0 Å². The van der Waals surface area contributed by atoms with Gasteiger partial charge in [-0.3, -0.25) is 0 Å². The molecule has 78 valence electrons. The van der Waals surface area contributed by atoms with Crippen LogP contribution in [0.2, 0.25) is 0 Å². The molecule has 0 unspecified atom stereocenters. The molecular formula is C9H12O4S. The Kier molecular flexibility index (Phi) is 4.06. The highest BCUT2D eigenvalue weighted by Crippen LogP contribution is 2.06. The quantitative estimate of drug-likeness (QED) is 0.547. The van der Waals surface area contributed by atoms with Gasteiger partial charge in [-0.15, -0.1) is 0 Å². The van der Waals surface area contributed by atoms with E-state index in [2.05, 4.69) is 8.92 Å². The Bertz CT molecular complexity index is 358. The number of rotatable bonds is 5. The van der Waals surface area contributed by atoms with Gasteiger partial charge in [-0.1, -0.05) is 30.3 Å². The van der Waals surface area contributed by atoms with E-state index in [1.165, 1.54) is 7.11 Å². The minimum atomic E-state index is -3.52. The maximum atomic E-state index is 11.3. The van der Waals surface area contributed by atoms with E-state index in [9.17, 15) is 8.42 Å². The number of benzene rings is 1. The summed E-state index contributed by atoms with van der Waals surface area (Å²) in [5.74, 6) is -0.128. The molecule has 4 nitrogen and oxygen atoms in total. The molecule has 0 saturated carbocycles. The standard InChI is InChI=1S/C9H12O4S/c1-12-8-13-14(10,11)7-9-5-3-2-4-6-9/h2-6H,7-8H2,1H3. The highest BCUT2D eigenvalue weighted by Gasteiger charge is 2.11. The van der Waals surface area contributed by atoms with Crippen LogP contribution in [0.3, 0.4) is 0 Å². The molecule has 0 atom stereocenters. The molecule has 0 heterocycles. The van der Waals surface area contributed by atoms with Crippen molar-refractivity contribution in [1.29, 1.82) is 0 Å². The van der Waals surface area contributed by atoms with Crippen molar-refractivity contribution in [2.24, 2.45) is 0 Å². The van der Waals surface area contributed by atoms with Crippen LogP contribution in [-0.4, -0.2) is 22.3 Å². The first-order valence-electron chi connectivity index (χ1n) is 4.04. The van der Waals surface area contributed by atoms with Crippen molar-refractivity contribution in [3.8, 4) is 0 Å². The predicted molar refractivity (Wildman–Crippen MR) is 52.0 cm³/mol. The average molecular weight is 216 g/mol. The van der Waals surface area contributed by atoms with E-state index in [0.29, 0.717) is 5.56 Å². The van der Waals surface area contributed by atoms with Crippen LogP contribution in [0, 0.1) is 0 Å². The van der Waals surface area contributed by atoms with Crippen molar-refractivity contribution in [2.75, 3.05) is 13.9 Å². The zero-order chi connectivity index (χ0) is 10.4. The third kappa shape index (κ3) is 3.87. The summed E-state index contributed by atoms with van der Waals surface area (Å²) in [5.41, 5.74) is 0.698. The van der Waals surface area contributed by atoms with Crippen LogP contribution in [0.1, 0.15) is 5.56 Å². The first-order chi connectivity index (χ1) is 6.64. The van der Waals surface area contributed by atoms with Crippen molar-refractivity contribution in [2.45, 2.75) is 5.75 Å². The van der Waals surface area contributed by atoms with Gasteiger partial charge in [-0.2, -0.15) is 8.42 Å². The fourth-order valence-electron chi connectivity index (χ4n) is 0.941. The molecule has 0 amide bonds. The molecule has 14 heavy (non-hydrogen) atoms. The van der Waals surface area contributed by atoms with Gasteiger partial charge in [0.15, 0.2) is 6.79 Å². The lowest BCUT2D eigenvalue weighted by atomic mass is 10.2. The lowest BCUT2D eigenvalue weighted by molar-refractivity contribution is 0.0559. The van der Waals surface area contributed by atoms with Crippen molar-refractivity contribution in [1.82, 2.24) is 0 Å². The maximum Gasteiger partial charge on any atom is 0.273 e. The van der Waals surface area contributed by atoms with Crippen molar-refractivity contribution in [3.05, 3.63) is 35.9 Å². The van der Waals surface area contributed by atoms with Gasteiger partial charge in [0.05, 0.1) is 0 Å². The summed E-state index contributed by atoms with van der Waals surface area (Å²) in [6.45, 7) is -0.241. The Labute approximate surface area is 83.6 Å². The van der Waals surface area contributed by atoms with E-state index in [1.54, 1.807) is 24.3 Å². The lowest BCUT2D eigenvalue weighted by Gasteiger charge is -2.03. The Hall–Kier alpha value is -0.910. The highest BCUT2D eigenvalue weighted by atomic mass is 32.2. The predicted octanol–water partition coefficient (Wildman–Crippen LogP) is 1.14. The van der Waals surface area contributed by atoms with Gasteiger partial charge in [-0.25, -0.2) is 4.18 Å². The summed E-state index contributed by atoms with van der Waals surface area (Å²) in [5, 5.41) is 0. The Morgan fingerprint density at radius 1 is 1.21 bits per heavy atom. The van der Waals surface area contributed by atoms with Crippen LogP contribution in [0.5, 0.6) is 0 Å². The van der Waals surface area contributed by atoms with Gasteiger partial charge < -0.3 is 4.74 Å². The zero-order valence-corrected chi connectivity index (χ0v) is 8.66. The SMILES string of the molecule is COCOS(=O)(=O)Cc1ccccc1. The van der Waals surface area contributed by atoms with Gasteiger partial charge in [0.25, 0.3) is 10.1 Å². The van der Waals surface area contributed by atoms with Crippen molar-refractivity contribution >= 4 is 10.1 Å². The van der Waals surface area contributed by atoms with Gasteiger partial charge in [0.2, 0.25) is 0 Å². The van der Waals surface area contributed by atoms with Crippen LogP contribution in [-0.2, 0) is 24.8 Å². The molecule has 1 rings (SSSR count). The van der Waals surface area contributed by atoms with Crippen molar-refractivity contribution in [3.63, 3.8) is 0 Å². The molecule has 0 N–H and O–H groups in total. The molecule has 0 aliphatic carbocycles. The summed E-state index contributed by atoms with van der Waals surface area (Å²) in [4.78, 5) is 0. The van der Waals surface area contributed by atoms with E-state index in [4.69, 9.17) is 0 Å². The normalized spacial score (nSPS) is 11.5. The Balaban J connectivity index is 2.60. The van der Waals surface area contributed by atoms with E-state index in [-0.39, 0.29) is 12.5 Å². The molecule has 0 bridgehead atoms. The molecule has 0 fully saturated rings. The summed E-state index contributed by atoms with van der Waals surface area (Å²) in [6.07, 6.45) is 0. The van der Waals surface area contributed by atoms with Gasteiger partial charge in [0.1, 0.15) is 5.75 Å². The summed E-state index contributed by atoms with van der Waals surface area (Å²) in [6, 6.07) is 8.84. The number of hydrogen-bond acceptors (Lipinski definition) is 4. The smallest absolute Gasteiger partial charge is 0.273 e. The third-order valence-corrected chi connectivity index (χ3v) is 2.67. The molecular weight excluding hydrogens is 204 g/mol. The highest BCUT2D eigenvalue weighted by molar-refractivity contribution is 7.85. The average Bonchev–Trinajstić information content (AvgIpc) is 2.16. The molecule has 1 aromatic rings. The number of ether oxygens (including phenoxy) is 1. The fraction of sp³-hybridized carbons (Fsp3) is 0.333. The fourth-order valence-corrected chi connectivity index (χ4v) is 1.87. The maximum absolute atomic E-state index is 11.3. The van der Waals surface area contributed by atoms with E-state index in [0.717, 1.165) is 0 Å². The summed E-state index contributed by atoms with van der Waals surface area (Å²) in [7, 11) is -2.15. The summed E-state index contributed by atoms with van der Waals surface area (Å²) < 4.78 is 31.6. The minimum absolute atomic E-state index is 0.128. The monoisotopic (exact) mass is 216 g/mol. The molecule has 0 aliphatic heterocycles. The molecule has 5 heteroatoms. The molecule has 0 spiro atoms. The number of methoxy groups -OCH3 is 1. The van der Waals surface area contributed by atoms with Gasteiger partial charge in [0, 0.05) is 7.11 Å². The van der Waals surface area contributed by atoms with Crippen LogP contribution < -0.4 is 0 Å². The molecule has 0 aromatic heterocycles. The second-order valence-corrected chi connectivity index (χ2v) is 4.35. The molecule has 0 radical (unpaired) electrons. The topological polar surface area (TPSA) is 52.6 Å². The Morgan fingerprint density at radius 3 is 2.43 bits per heavy atom. The van der Waals surface area contributed by atoms with E-state index in [1.807, 2.05) is 6.07 Å². The lowest BCUT2D eigenvalue weighted by Crippen LogP contribution is -2.10. The van der Waals surface area contributed by atoms with Crippen molar-refractivity contribution < 1.29 is 17.3 Å². The molecule has 0 saturated heterocycles. The minimum Gasteiger partial charge on any atom is -0.357 e. The van der Waals surface area contributed by atoms with Crippen LogP contribution >= 0.6 is 0 Å². The second kappa shape index (κ2) is 5.09. The summed E-state index contributed by atoms with van der Waals surface area (Å²) >= 11 is 0. The van der Waals surface area contributed by atoms with E-state index < -0.39 is 10.1 Å². The zero-order valence-electron chi connectivity index (χ0n) is 7.84. The van der Waals surface area contributed by atoms with Gasteiger partial charge in [-0.05, 0) is 5.56 Å². The number of hydrogen-bond donors (Lipinski definition) is 0. The van der Waals surface area contributed by atoms with E-state index >= 15 is 0 Å². The Morgan fingerprint density at radius 2 is 1.86 bits per heavy atom. The van der Waals surface area contributed by atoms with Crippen LogP contribution in [0.15, 0.2) is 30.3 Å². The second-order valence-electron chi connectivity index (χ2n) is 2.71. The first kappa shape index (κ1) is 11.2. The van der Waals surface area contributed by atoms with Crippen LogP contribution in [0.25, 0.3) is 0 Å². The largest absolute Gasteiger partial charge is 0.357 e. The molecule has 0 aliphatic rings. The third-order valence-electron chi connectivity index (χ3n) is 1.53.